The molecule has 0 unspecified atom stereocenters. The Morgan fingerprint density at radius 3 is 1.64 bits per heavy atom. The van der Waals surface area contributed by atoms with Crippen LogP contribution in [0.5, 0.6) is 0 Å². The van der Waals surface area contributed by atoms with Crippen molar-refractivity contribution in [2.75, 3.05) is 13.1 Å². The van der Waals surface area contributed by atoms with Crippen LogP contribution in [0.3, 0.4) is 0 Å². The van der Waals surface area contributed by atoms with Crippen molar-refractivity contribution in [1.29, 1.82) is 0 Å². The Bertz CT molecular complexity index is 1020. The SMILES string of the molecule is CC(C)C[C@H](NC(=O)[C@H](CCN)NC(=O)[C@H](CC(C)C)NC(=O)[C@@H](Cc1ccccc1)NC(=O)[C@@H](N)CCN)C(=O)O. The molecule has 0 radical (unpaired) electrons. The van der Waals surface area contributed by atoms with E-state index in [1.165, 1.54) is 0 Å². The van der Waals surface area contributed by atoms with Crippen molar-refractivity contribution in [3.8, 4) is 0 Å². The van der Waals surface area contributed by atoms with Crippen molar-refractivity contribution < 1.29 is 29.1 Å². The summed E-state index contributed by atoms with van der Waals surface area (Å²) in [4.78, 5) is 64.2. The third kappa shape index (κ3) is 13.4. The van der Waals surface area contributed by atoms with Crippen LogP contribution in [0.1, 0.15) is 58.9 Å². The third-order valence-electron chi connectivity index (χ3n) is 6.48. The van der Waals surface area contributed by atoms with Gasteiger partial charge < -0.3 is 43.6 Å². The lowest BCUT2D eigenvalue weighted by Gasteiger charge is -2.27. The van der Waals surface area contributed by atoms with E-state index >= 15 is 0 Å². The molecule has 4 amide bonds. The predicted octanol–water partition coefficient (Wildman–Crippen LogP) is -0.630. The first kappa shape index (κ1) is 36.5. The van der Waals surface area contributed by atoms with Crippen molar-refractivity contribution in [3.05, 3.63) is 35.9 Å². The van der Waals surface area contributed by atoms with Crippen LogP contribution in [0.4, 0.5) is 0 Å². The van der Waals surface area contributed by atoms with Crippen LogP contribution in [0.25, 0.3) is 0 Å². The molecule has 1 aromatic rings. The molecular weight excluding hydrogens is 542 g/mol. The zero-order chi connectivity index (χ0) is 31.8. The van der Waals surface area contributed by atoms with Crippen LogP contribution in [0.2, 0.25) is 0 Å². The Morgan fingerprint density at radius 1 is 0.667 bits per heavy atom. The number of aliphatic carboxylic acids is 1. The van der Waals surface area contributed by atoms with Gasteiger partial charge in [0.1, 0.15) is 24.2 Å². The smallest absolute Gasteiger partial charge is 0.326 e. The van der Waals surface area contributed by atoms with Gasteiger partial charge in [0.25, 0.3) is 0 Å². The molecule has 0 spiro atoms. The summed E-state index contributed by atoms with van der Waals surface area (Å²) in [5.41, 5.74) is 17.9. The minimum Gasteiger partial charge on any atom is -0.480 e. The van der Waals surface area contributed by atoms with Gasteiger partial charge in [0.2, 0.25) is 23.6 Å². The Kier molecular flexibility index (Phi) is 16.3. The molecule has 236 valence electrons. The summed E-state index contributed by atoms with van der Waals surface area (Å²) < 4.78 is 0. The largest absolute Gasteiger partial charge is 0.480 e. The van der Waals surface area contributed by atoms with E-state index in [-0.39, 0.29) is 57.0 Å². The molecule has 0 heterocycles. The maximum atomic E-state index is 13.5. The van der Waals surface area contributed by atoms with Crippen LogP contribution in [-0.4, -0.2) is 78.0 Å². The first-order chi connectivity index (χ1) is 19.8. The number of carbonyl (C=O) groups excluding carboxylic acids is 4. The van der Waals surface area contributed by atoms with Gasteiger partial charge in [-0.05, 0) is 56.2 Å². The van der Waals surface area contributed by atoms with Crippen LogP contribution in [-0.2, 0) is 30.4 Å². The quantitative estimate of drug-likeness (QED) is 0.102. The Labute approximate surface area is 248 Å². The van der Waals surface area contributed by atoms with E-state index in [0.717, 1.165) is 5.56 Å². The van der Waals surface area contributed by atoms with Crippen molar-refractivity contribution in [2.45, 2.75) is 90.0 Å². The van der Waals surface area contributed by atoms with Gasteiger partial charge in [-0.15, -0.1) is 0 Å². The molecule has 0 saturated heterocycles. The topological polar surface area (TPSA) is 232 Å². The van der Waals surface area contributed by atoms with Gasteiger partial charge in [-0.25, -0.2) is 4.79 Å². The molecule has 13 heteroatoms. The number of nitrogens with two attached hydrogens (primary N) is 3. The van der Waals surface area contributed by atoms with Crippen molar-refractivity contribution in [1.82, 2.24) is 21.3 Å². The Hall–Kier alpha value is -3.55. The number of hydrogen-bond donors (Lipinski definition) is 8. The highest BCUT2D eigenvalue weighted by atomic mass is 16.4. The van der Waals surface area contributed by atoms with Gasteiger partial charge in [-0.2, -0.15) is 0 Å². The van der Waals surface area contributed by atoms with Crippen molar-refractivity contribution in [2.24, 2.45) is 29.0 Å². The molecule has 11 N–H and O–H groups in total. The van der Waals surface area contributed by atoms with E-state index in [9.17, 15) is 29.1 Å². The lowest BCUT2D eigenvalue weighted by Crippen LogP contribution is -2.59. The second kappa shape index (κ2) is 18.8. The summed E-state index contributed by atoms with van der Waals surface area (Å²) in [6.07, 6.45) is 0.876. The van der Waals surface area contributed by atoms with Crippen molar-refractivity contribution >= 4 is 29.6 Å². The van der Waals surface area contributed by atoms with E-state index in [4.69, 9.17) is 17.2 Å². The Balaban J connectivity index is 3.14. The van der Waals surface area contributed by atoms with Gasteiger partial charge >= 0.3 is 5.97 Å². The Morgan fingerprint density at radius 2 is 1.12 bits per heavy atom. The van der Waals surface area contributed by atoms with Crippen LogP contribution in [0.15, 0.2) is 30.3 Å². The lowest BCUT2D eigenvalue weighted by atomic mass is 10.00. The maximum absolute atomic E-state index is 13.5. The molecule has 0 aliphatic heterocycles. The summed E-state index contributed by atoms with van der Waals surface area (Å²) in [6, 6.07) is 3.81. The van der Waals surface area contributed by atoms with E-state index in [2.05, 4.69) is 21.3 Å². The fourth-order valence-electron chi connectivity index (χ4n) is 4.30. The number of benzene rings is 1. The molecule has 42 heavy (non-hydrogen) atoms. The fraction of sp³-hybridized carbons (Fsp3) is 0.621. The standard InChI is InChI=1S/C29H49N7O6/c1-17(2)14-22(27(39)33-21(11-13-31)26(38)36-24(29(41)42)15-18(3)4)35-28(40)23(16-19-8-6-5-7-9-19)34-25(37)20(32)10-12-30/h5-9,17-18,20-24H,10-16,30-32H2,1-4H3,(H,33,39)(H,34,37)(H,35,40)(H,36,38)(H,41,42)/t20-,21-,22-,23+,24-/m0/s1. The average molecular weight is 592 g/mol. The summed E-state index contributed by atoms with van der Waals surface area (Å²) in [6.45, 7) is 7.66. The summed E-state index contributed by atoms with van der Waals surface area (Å²) in [5.74, 6) is -3.66. The highest BCUT2D eigenvalue weighted by Crippen LogP contribution is 2.10. The van der Waals surface area contributed by atoms with Gasteiger partial charge in [-0.3, -0.25) is 19.2 Å². The molecule has 0 aliphatic carbocycles. The molecule has 5 atom stereocenters. The van der Waals surface area contributed by atoms with Gasteiger partial charge in [0, 0.05) is 6.42 Å². The number of rotatable bonds is 19. The van der Waals surface area contributed by atoms with Crippen LogP contribution < -0.4 is 38.5 Å². The van der Waals surface area contributed by atoms with E-state index in [1.54, 1.807) is 12.1 Å². The summed E-state index contributed by atoms with van der Waals surface area (Å²) >= 11 is 0. The summed E-state index contributed by atoms with van der Waals surface area (Å²) in [5, 5.41) is 20.0. The molecular formula is C29H49N7O6. The molecule has 0 aromatic heterocycles. The monoisotopic (exact) mass is 591 g/mol. The van der Waals surface area contributed by atoms with E-state index in [0.29, 0.717) is 0 Å². The second-order valence-corrected chi connectivity index (χ2v) is 11.3. The first-order valence-corrected chi connectivity index (χ1v) is 14.4. The number of amides is 4. The summed E-state index contributed by atoms with van der Waals surface area (Å²) in [7, 11) is 0. The number of carbonyl (C=O) groups is 5. The third-order valence-corrected chi connectivity index (χ3v) is 6.48. The van der Waals surface area contributed by atoms with Gasteiger partial charge in [-0.1, -0.05) is 58.0 Å². The van der Waals surface area contributed by atoms with Crippen LogP contribution >= 0.6 is 0 Å². The number of carboxylic acids is 1. The van der Waals surface area contributed by atoms with Crippen molar-refractivity contribution in [3.63, 3.8) is 0 Å². The lowest BCUT2D eigenvalue weighted by molar-refractivity contribution is -0.142. The number of hydrogen-bond acceptors (Lipinski definition) is 8. The van der Waals surface area contributed by atoms with Gasteiger partial charge in [0.15, 0.2) is 0 Å². The molecule has 1 rings (SSSR count). The maximum Gasteiger partial charge on any atom is 0.326 e. The van der Waals surface area contributed by atoms with E-state index < -0.39 is 59.8 Å². The average Bonchev–Trinajstić information content (AvgIpc) is 2.91. The first-order valence-electron chi connectivity index (χ1n) is 14.4. The van der Waals surface area contributed by atoms with E-state index in [1.807, 2.05) is 45.9 Å². The fourth-order valence-corrected chi connectivity index (χ4v) is 4.30. The molecule has 1 aromatic carbocycles. The molecule has 0 bridgehead atoms. The molecule has 0 saturated carbocycles. The number of nitrogens with one attached hydrogen (secondary N) is 4. The van der Waals surface area contributed by atoms with Gasteiger partial charge in [0.05, 0.1) is 6.04 Å². The second-order valence-electron chi connectivity index (χ2n) is 11.3. The predicted molar refractivity (Wildman–Crippen MR) is 160 cm³/mol. The minimum atomic E-state index is -1.18. The zero-order valence-corrected chi connectivity index (χ0v) is 25.1. The highest BCUT2D eigenvalue weighted by Gasteiger charge is 2.32. The zero-order valence-electron chi connectivity index (χ0n) is 25.1. The highest BCUT2D eigenvalue weighted by molar-refractivity contribution is 5.95. The van der Waals surface area contributed by atoms with Crippen LogP contribution in [0, 0.1) is 11.8 Å². The molecule has 0 fully saturated rings. The molecule has 13 nitrogen and oxygen atoms in total. The number of carboxylic acid groups (broad SMARTS) is 1. The minimum absolute atomic E-state index is 0.00811. The molecule has 0 aliphatic rings. The normalized spacial score (nSPS) is 14.8.